The molecule has 3 rings (SSSR count). The van der Waals surface area contributed by atoms with Gasteiger partial charge < -0.3 is 5.32 Å². The van der Waals surface area contributed by atoms with E-state index in [0.29, 0.717) is 12.1 Å². The summed E-state index contributed by atoms with van der Waals surface area (Å²) in [5, 5.41) is 3.74. The summed E-state index contributed by atoms with van der Waals surface area (Å²) in [6, 6.07) is 14.1. The van der Waals surface area contributed by atoms with Gasteiger partial charge in [0.05, 0.1) is 3.79 Å². The van der Waals surface area contributed by atoms with Crippen LogP contribution in [0.2, 0.25) is 0 Å². The Morgan fingerprint density at radius 1 is 1.17 bits per heavy atom. The number of benzene rings is 1. The molecule has 0 fully saturated rings. The van der Waals surface area contributed by atoms with Gasteiger partial charge in [0.2, 0.25) is 0 Å². The van der Waals surface area contributed by atoms with Crippen LogP contribution in [-0.4, -0.2) is 6.04 Å². The second-order valence-corrected chi connectivity index (χ2v) is 7.40. The summed E-state index contributed by atoms with van der Waals surface area (Å²) >= 11 is 5.34. The lowest BCUT2D eigenvalue weighted by Gasteiger charge is -2.18. The fraction of sp³-hybridized carbons (Fsp3) is 0.333. The quantitative estimate of drug-likeness (QED) is 0.887. The summed E-state index contributed by atoms with van der Waals surface area (Å²) in [5.41, 5.74) is 3.02. The summed E-state index contributed by atoms with van der Waals surface area (Å²) in [4.78, 5) is 1.40. The minimum absolute atomic E-state index is 0.431. The molecule has 1 N–H and O–H groups in total. The predicted octanol–water partition coefficient (Wildman–Crippen LogP) is 4.33. The van der Waals surface area contributed by atoms with E-state index < -0.39 is 0 Å². The number of halogens is 1. The average molecular weight is 322 g/mol. The number of thiophene rings is 1. The molecule has 1 aliphatic carbocycles. The van der Waals surface area contributed by atoms with Gasteiger partial charge in [-0.2, -0.15) is 0 Å². The Bertz CT molecular complexity index is 524. The normalized spacial score (nSPS) is 16.8. The predicted molar refractivity (Wildman–Crippen MR) is 81.2 cm³/mol. The van der Waals surface area contributed by atoms with Crippen molar-refractivity contribution in [2.45, 2.75) is 31.8 Å². The monoisotopic (exact) mass is 321 g/mol. The minimum atomic E-state index is 0.431. The van der Waals surface area contributed by atoms with Gasteiger partial charge in [0.25, 0.3) is 0 Å². The molecule has 94 valence electrons. The first-order valence-electron chi connectivity index (χ1n) is 6.30. The first kappa shape index (κ1) is 12.4. The van der Waals surface area contributed by atoms with E-state index in [1.54, 1.807) is 0 Å². The van der Waals surface area contributed by atoms with Crippen LogP contribution in [-0.2, 0) is 12.8 Å². The molecule has 0 radical (unpaired) electrons. The Labute approximate surface area is 120 Å². The van der Waals surface area contributed by atoms with Gasteiger partial charge in [-0.15, -0.1) is 11.3 Å². The molecule has 1 nitrogen and oxygen atoms in total. The fourth-order valence-electron chi connectivity index (χ4n) is 2.67. The lowest BCUT2D eigenvalue weighted by atomic mass is 10.1. The molecule has 1 atom stereocenters. The maximum atomic E-state index is 3.74. The van der Waals surface area contributed by atoms with E-state index in [0.717, 1.165) is 12.8 Å². The van der Waals surface area contributed by atoms with E-state index in [1.807, 2.05) is 11.3 Å². The molecule has 1 unspecified atom stereocenters. The summed E-state index contributed by atoms with van der Waals surface area (Å²) in [7, 11) is 0. The summed E-state index contributed by atoms with van der Waals surface area (Å²) < 4.78 is 1.21. The van der Waals surface area contributed by atoms with Crippen molar-refractivity contribution in [2.24, 2.45) is 0 Å². The molecule has 18 heavy (non-hydrogen) atoms. The Morgan fingerprint density at radius 3 is 2.39 bits per heavy atom. The molecule has 0 saturated heterocycles. The zero-order valence-corrected chi connectivity index (χ0v) is 12.7. The highest BCUT2D eigenvalue weighted by molar-refractivity contribution is 9.11. The second-order valence-electron chi connectivity index (χ2n) is 4.90. The standard InChI is InChI=1S/C15H16BrNS/c1-10(14-6-7-15(16)18-14)17-13-8-11-4-2-3-5-12(11)9-13/h2-7,10,13,17H,8-9H2,1H3. The Hall–Kier alpha value is -0.640. The van der Waals surface area contributed by atoms with Crippen molar-refractivity contribution in [1.82, 2.24) is 5.32 Å². The van der Waals surface area contributed by atoms with E-state index in [2.05, 4.69) is 64.6 Å². The van der Waals surface area contributed by atoms with Gasteiger partial charge in [0.1, 0.15) is 0 Å². The van der Waals surface area contributed by atoms with E-state index >= 15 is 0 Å². The van der Waals surface area contributed by atoms with Crippen molar-refractivity contribution in [3.05, 3.63) is 56.2 Å². The smallest absolute Gasteiger partial charge is 0.0701 e. The van der Waals surface area contributed by atoms with E-state index in [9.17, 15) is 0 Å². The van der Waals surface area contributed by atoms with Gasteiger partial charge >= 0.3 is 0 Å². The molecule has 0 aliphatic heterocycles. The third-order valence-electron chi connectivity index (χ3n) is 3.56. The molecule has 1 heterocycles. The number of hydrogen-bond acceptors (Lipinski definition) is 2. The van der Waals surface area contributed by atoms with Crippen LogP contribution in [0.1, 0.15) is 29.0 Å². The Balaban J connectivity index is 1.66. The number of nitrogens with one attached hydrogen (secondary N) is 1. The van der Waals surface area contributed by atoms with Crippen LogP contribution in [0.3, 0.4) is 0 Å². The molecule has 0 spiro atoms. The summed E-state index contributed by atoms with van der Waals surface area (Å²) in [5.74, 6) is 0. The van der Waals surface area contributed by atoms with Crippen LogP contribution >= 0.6 is 27.3 Å². The van der Waals surface area contributed by atoms with Gasteiger partial charge in [-0.1, -0.05) is 24.3 Å². The van der Waals surface area contributed by atoms with Crippen LogP contribution in [0.4, 0.5) is 0 Å². The van der Waals surface area contributed by atoms with Gasteiger partial charge in [0.15, 0.2) is 0 Å². The van der Waals surface area contributed by atoms with Gasteiger partial charge in [-0.25, -0.2) is 0 Å². The summed E-state index contributed by atoms with van der Waals surface area (Å²) in [6.45, 7) is 2.25. The molecule has 2 aromatic rings. The first-order valence-corrected chi connectivity index (χ1v) is 7.91. The number of hydrogen-bond donors (Lipinski definition) is 1. The van der Waals surface area contributed by atoms with Crippen molar-refractivity contribution >= 4 is 27.3 Å². The first-order chi connectivity index (χ1) is 8.72. The number of fused-ring (bicyclic) bond motifs is 1. The zero-order chi connectivity index (χ0) is 12.5. The van der Waals surface area contributed by atoms with Crippen molar-refractivity contribution in [2.75, 3.05) is 0 Å². The van der Waals surface area contributed by atoms with Gasteiger partial charge in [0, 0.05) is 17.0 Å². The van der Waals surface area contributed by atoms with Gasteiger partial charge in [-0.05, 0) is 59.0 Å². The highest BCUT2D eigenvalue weighted by Crippen LogP contribution is 2.29. The molecule has 3 heteroatoms. The van der Waals surface area contributed by atoms with Crippen LogP contribution in [0.25, 0.3) is 0 Å². The maximum Gasteiger partial charge on any atom is 0.0701 e. The molecule has 0 amide bonds. The highest BCUT2D eigenvalue weighted by Gasteiger charge is 2.22. The maximum absolute atomic E-state index is 3.74. The minimum Gasteiger partial charge on any atom is -0.306 e. The molecular formula is C15H16BrNS. The number of rotatable bonds is 3. The van der Waals surface area contributed by atoms with E-state index in [1.165, 1.54) is 19.8 Å². The molecule has 1 aromatic heterocycles. The van der Waals surface area contributed by atoms with Crippen molar-refractivity contribution in [3.8, 4) is 0 Å². The molecular weight excluding hydrogens is 306 g/mol. The molecule has 0 saturated carbocycles. The largest absolute Gasteiger partial charge is 0.306 e. The van der Waals surface area contributed by atoms with Crippen LogP contribution in [0.5, 0.6) is 0 Å². The van der Waals surface area contributed by atoms with Crippen LogP contribution in [0, 0.1) is 0 Å². The molecule has 1 aromatic carbocycles. The second kappa shape index (κ2) is 5.16. The topological polar surface area (TPSA) is 12.0 Å². The Kier molecular flexibility index (Phi) is 3.55. The van der Waals surface area contributed by atoms with Crippen LogP contribution in [0.15, 0.2) is 40.2 Å². The zero-order valence-electron chi connectivity index (χ0n) is 10.3. The lowest BCUT2D eigenvalue weighted by molar-refractivity contribution is 0.472. The van der Waals surface area contributed by atoms with Crippen molar-refractivity contribution in [3.63, 3.8) is 0 Å². The average Bonchev–Trinajstić information content (AvgIpc) is 2.94. The van der Waals surface area contributed by atoms with Crippen LogP contribution < -0.4 is 5.32 Å². The highest BCUT2D eigenvalue weighted by atomic mass is 79.9. The molecule has 1 aliphatic rings. The van der Waals surface area contributed by atoms with Crippen molar-refractivity contribution < 1.29 is 0 Å². The third kappa shape index (κ3) is 2.53. The summed E-state index contributed by atoms with van der Waals surface area (Å²) in [6.07, 6.45) is 2.32. The van der Waals surface area contributed by atoms with Gasteiger partial charge in [-0.3, -0.25) is 0 Å². The Morgan fingerprint density at radius 2 is 1.83 bits per heavy atom. The van der Waals surface area contributed by atoms with E-state index in [-0.39, 0.29) is 0 Å². The third-order valence-corrected chi connectivity index (χ3v) is 5.36. The van der Waals surface area contributed by atoms with E-state index in [4.69, 9.17) is 0 Å². The SMILES string of the molecule is CC(NC1Cc2ccccc2C1)c1ccc(Br)s1. The lowest BCUT2D eigenvalue weighted by Crippen LogP contribution is -2.31. The van der Waals surface area contributed by atoms with Crippen molar-refractivity contribution in [1.29, 1.82) is 0 Å². The fourth-order valence-corrected chi connectivity index (χ4v) is 4.11. The molecule has 0 bridgehead atoms.